The van der Waals surface area contributed by atoms with Gasteiger partial charge >= 0.3 is 6.36 Å². The molecule has 0 spiro atoms. The van der Waals surface area contributed by atoms with Crippen molar-refractivity contribution in [3.05, 3.63) is 64.4 Å². The van der Waals surface area contributed by atoms with Crippen LogP contribution in [0, 0.1) is 5.82 Å². The van der Waals surface area contributed by atoms with Crippen molar-refractivity contribution in [2.45, 2.75) is 50.7 Å². The second-order valence-corrected chi connectivity index (χ2v) is 7.69. The zero-order chi connectivity index (χ0) is 21.7. The minimum atomic E-state index is -4.72. The Hall–Kier alpha value is -2.32. The molecule has 2 aromatic carbocycles. The molecule has 2 aromatic rings. The fourth-order valence-corrected chi connectivity index (χ4v) is 3.73. The van der Waals surface area contributed by atoms with Crippen molar-refractivity contribution in [3.8, 4) is 5.75 Å². The van der Waals surface area contributed by atoms with Gasteiger partial charge in [-0.2, -0.15) is 0 Å². The van der Waals surface area contributed by atoms with E-state index in [1.165, 1.54) is 24.3 Å². The summed E-state index contributed by atoms with van der Waals surface area (Å²) in [7, 11) is 0. The molecule has 9 heteroatoms. The van der Waals surface area contributed by atoms with Crippen molar-refractivity contribution < 1.29 is 27.1 Å². The lowest BCUT2D eigenvalue weighted by Crippen LogP contribution is -2.42. The molecule has 1 amide bonds. The van der Waals surface area contributed by atoms with E-state index in [1.54, 1.807) is 6.07 Å². The van der Waals surface area contributed by atoms with E-state index in [4.69, 9.17) is 11.6 Å². The maximum absolute atomic E-state index is 13.4. The maximum Gasteiger partial charge on any atom is 0.573 e. The number of hydrogen-bond donors (Lipinski definition) is 2. The van der Waals surface area contributed by atoms with Crippen molar-refractivity contribution in [1.82, 2.24) is 10.6 Å². The first-order valence-electron chi connectivity index (χ1n) is 9.53. The molecule has 162 valence electrons. The van der Waals surface area contributed by atoms with E-state index in [0.717, 1.165) is 37.8 Å². The standard InChI is InChI=1S/C21H21ClF4N2O2/c22-15-9-14(10-16(23)11-15)20(29)28-18-6-4-17(5-7-18)27-12-13-2-1-3-19(8-13)30-21(24,25)26/h1-3,8-11,17-18,27H,4-7,12H2,(H,28,29). The molecule has 3 rings (SSSR count). The molecule has 1 saturated carbocycles. The van der Waals surface area contributed by atoms with E-state index in [-0.39, 0.29) is 34.3 Å². The molecule has 2 N–H and O–H groups in total. The molecule has 1 aliphatic rings. The van der Waals surface area contributed by atoms with Crippen LogP contribution in [-0.4, -0.2) is 24.4 Å². The van der Waals surface area contributed by atoms with Gasteiger partial charge < -0.3 is 15.4 Å². The first-order chi connectivity index (χ1) is 14.2. The van der Waals surface area contributed by atoms with Crippen molar-refractivity contribution in [2.24, 2.45) is 0 Å². The Bertz CT molecular complexity index is 863. The number of carbonyl (C=O) groups excluding carboxylic acids is 1. The van der Waals surface area contributed by atoms with Gasteiger partial charge in [0, 0.05) is 29.2 Å². The van der Waals surface area contributed by atoms with Crippen LogP contribution >= 0.6 is 11.6 Å². The van der Waals surface area contributed by atoms with Gasteiger partial charge in [-0.1, -0.05) is 23.7 Å². The highest BCUT2D eigenvalue weighted by Crippen LogP contribution is 2.24. The molecule has 1 aliphatic carbocycles. The minimum Gasteiger partial charge on any atom is -0.406 e. The third-order valence-corrected chi connectivity index (χ3v) is 5.13. The molecule has 4 nitrogen and oxygen atoms in total. The zero-order valence-electron chi connectivity index (χ0n) is 15.9. The predicted octanol–water partition coefficient (Wildman–Crippen LogP) is 5.21. The third-order valence-electron chi connectivity index (χ3n) is 4.91. The summed E-state index contributed by atoms with van der Waals surface area (Å²) in [5, 5.41) is 6.39. The Morgan fingerprint density at radius 2 is 1.77 bits per heavy atom. The van der Waals surface area contributed by atoms with Crippen LogP contribution in [0.15, 0.2) is 42.5 Å². The van der Waals surface area contributed by atoms with Gasteiger partial charge in [-0.25, -0.2) is 4.39 Å². The van der Waals surface area contributed by atoms with Gasteiger partial charge in [-0.05, 0) is 61.6 Å². The summed E-state index contributed by atoms with van der Waals surface area (Å²) in [6.45, 7) is 0.415. The van der Waals surface area contributed by atoms with Crippen LogP contribution < -0.4 is 15.4 Å². The molecule has 1 fully saturated rings. The molecule has 0 aromatic heterocycles. The lowest BCUT2D eigenvalue weighted by molar-refractivity contribution is -0.274. The minimum absolute atomic E-state index is 0.0268. The van der Waals surface area contributed by atoms with Crippen LogP contribution in [0.1, 0.15) is 41.6 Å². The number of nitrogens with one attached hydrogen (secondary N) is 2. The topological polar surface area (TPSA) is 50.4 Å². The molecule has 0 heterocycles. The molecule has 30 heavy (non-hydrogen) atoms. The highest BCUT2D eigenvalue weighted by Gasteiger charge is 2.31. The predicted molar refractivity (Wildman–Crippen MR) is 105 cm³/mol. The van der Waals surface area contributed by atoms with Crippen LogP contribution in [0.4, 0.5) is 17.6 Å². The second kappa shape index (κ2) is 9.66. The van der Waals surface area contributed by atoms with Crippen molar-refractivity contribution >= 4 is 17.5 Å². The van der Waals surface area contributed by atoms with Crippen LogP contribution in [-0.2, 0) is 6.54 Å². The van der Waals surface area contributed by atoms with Crippen molar-refractivity contribution in [2.75, 3.05) is 0 Å². The van der Waals surface area contributed by atoms with Gasteiger partial charge in [-0.3, -0.25) is 4.79 Å². The Labute approximate surface area is 176 Å². The number of ether oxygens (including phenoxy) is 1. The van der Waals surface area contributed by atoms with Gasteiger partial charge in [0.05, 0.1) is 0 Å². The van der Waals surface area contributed by atoms with Crippen LogP contribution in [0.25, 0.3) is 0 Å². The fourth-order valence-electron chi connectivity index (χ4n) is 3.51. The number of alkyl halides is 3. The van der Waals surface area contributed by atoms with Crippen LogP contribution in [0.2, 0.25) is 5.02 Å². The Kier molecular flexibility index (Phi) is 7.20. The summed E-state index contributed by atoms with van der Waals surface area (Å²) in [6.07, 6.45) is -1.64. The second-order valence-electron chi connectivity index (χ2n) is 7.26. The first-order valence-corrected chi connectivity index (χ1v) is 9.91. The van der Waals surface area contributed by atoms with Gasteiger partial charge in [-0.15, -0.1) is 13.2 Å². The van der Waals surface area contributed by atoms with Gasteiger partial charge in [0.1, 0.15) is 11.6 Å². The average molecular weight is 445 g/mol. The SMILES string of the molecule is O=C(NC1CCC(NCc2cccc(OC(F)(F)F)c2)CC1)c1cc(F)cc(Cl)c1. The molecule has 0 atom stereocenters. The van der Waals surface area contributed by atoms with Crippen LogP contribution in [0.3, 0.4) is 0 Å². The Morgan fingerprint density at radius 3 is 2.43 bits per heavy atom. The fraction of sp³-hybridized carbons (Fsp3) is 0.381. The van der Waals surface area contributed by atoms with Gasteiger partial charge in [0.2, 0.25) is 0 Å². The summed E-state index contributed by atoms with van der Waals surface area (Å²) >= 11 is 5.79. The highest BCUT2D eigenvalue weighted by atomic mass is 35.5. The first kappa shape index (κ1) is 22.4. The lowest BCUT2D eigenvalue weighted by atomic mass is 9.91. The van der Waals surface area contributed by atoms with Crippen molar-refractivity contribution in [3.63, 3.8) is 0 Å². The highest BCUT2D eigenvalue weighted by molar-refractivity contribution is 6.31. The Balaban J connectivity index is 1.45. The molecule has 0 bridgehead atoms. The number of hydrogen-bond acceptors (Lipinski definition) is 3. The molecule has 0 aliphatic heterocycles. The van der Waals surface area contributed by atoms with Gasteiger partial charge in [0.25, 0.3) is 5.91 Å². The van der Waals surface area contributed by atoms with Crippen LogP contribution in [0.5, 0.6) is 5.75 Å². The number of halogens is 5. The smallest absolute Gasteiger partial charge is 0.406 e. The molecule has 0 unspecified atom stereocenters. The lowest BCUT2D eigenvalue weighted by Gasteiger charge is -2.30. The number of amides is 1. The quantitative estimate of drug-likeness (QED) is 0.601. The molecule has 0 saturated heterocycles. The summed E-state index contributed by atoms with van der Waals surface area (Å²) in [5.74, 6) is -1.18. The van der Waals surface area contributed by atoms with E-state index in [9.17, 15) is 22.4 Å². The number of rotatable bonds is 6. The summed E-state index contributed by atoms with van der Waals surface area (Å²) in [4.78, 5) is 12.3. The van der Waals surface area contributed by atoms with E-state index < -0.39 is 12.2 Å². The number of benzene rings is 2. The van der Waals surface area contributed by atoms with E-state index in [0.29, 0.717) is 12.1 Å². The maximum atomic E-state index is 13.4. The normalized spacial score (nSPS) is 19.4. The molecule has 0 radical (unpaired) electrons. The van der Waals surface area contributed by atoms with E-state index in [1.807, 2.05) is 0 Å². The average Bonchev–Trinajstić information content (AvgIpc) is 2.65. The monoisotopic (exact) mass is 444 g/mol. The summed E-state index contributed by atoms with van der Waals surface area (Å²) < 4.78 is 54.3. The third kappa shape index (κ3) is 6.88. The van der Waals surface area contributed by atoms with Crippen molar-refractivity contribution in [1.29, 1.82) is 0 Å². The van der Waals surface area contributed by atoms with E-state index in [2.05, 4.69) is 15.4 Å². The molecular formula is C21H21ClF4N2O2. The zero-order valence-corrected chi connectivity index (χ0v) is 16.7. The summed E-state index contributed by atoms with van der Waals surface area (Å²) in [6, 6.07) is 9.73. The largest absolute Gasteiger partial charge is 0.573 e. The van der Waals surface area contributed by atoms with Gasteiger partial charge in [0.15, 0.2) is 0 Å². The summed E-state index contributed by atoms with van der Waals surface area (Å²) in [5.41, 5.74) is 0.872. The number of carbonyl (C=O) groups is 1. The van der Waals surface area contributed by atoms with E-state index >= 15 is 0 Å². The molecular weight excluding hydrogens is 424 g/mol. The Morgan fingerprint density at radius 1 is 1.07 bits per heavy atom.